The molecule has 1 N–H and O–H groups in total. The number of anilines is 1. The minimum Gasteiger partial charge on any atom is -0.391 e. The molecule has 5 rings (SSSR count). The van der Waals surface area contributed by atoms with Crippen LogP contribution in [0.15, 0.2) is 39.9 Å². The molecule has 0 amide bonds. The smallest absolute Gasteiger partial charge is 0.269 e. The Labute approximate surface area is 172 Å². The van der Waals surface area contributed by atoms with E-state index < -0.39 is 6.10 Å². The fourth-order valence-corrected chi connectivity index (χ4v) is 4.15. The zero-order valence-electron chi connectivity index (χ0n) is 16.9. The van der Waals surface area contributed by atoms with Gasteiger partial charge in [0.25, 0.3) is 5.56 Å². The average molecular weight is 409 g/mol. The van der Waals surface area contributed by atoms with E-state index in [9.17, 15) is 9.90 Å². The molecule has 2 aliphatic rings. The molecule has 5 heterocycles. The van der Waals surface area contributed by atoms with Crippen LogP contribution in [-0.2, 0) is 11.3 Å². The summed E-state index contributed by atoms with van der Waals surface area (Å²) in [5, 5.41) is 18.2. The van der Waals surface area contributed by atoms with Crippen molar-refractivity contribution < 1.29 is 14.4 Å². The third-order valence-corrected chi connectivity index (χ3v) is 5.85. The van der Waals surface area contributed by atoms with E-state index >= 15 is 0 Å². The molecular weight excluding hydrogens is 386 g/mol. The Hall–Kier alpha value is -3.04. The number of aliphatic hydroxyl groups excluding tert-OH is 1. The number of aliphatic hydroxyl groups is 1. The molecule has 3 aromatic rings. The van der Waals surface area contributed by atoms with Crippen molar-refractivity contribution in [1.82, 2.24) is 19.9 Å². The number of nitrogens with zero attached hydrogens (tertiary/aromatic N) is 5. The number of hydrogen-bond donors (Lipinski definition) is 1. The Morgan fingerprint density at radius 3 is 2.77 bits per heavy atom. The molecule has 0 aromatic carbocycles. The highest BCUT2D eigenvalue weighted by molar-refractivity contribution is 5.62. The van der Waals surface area contributed by atoms with Crippen LogP contribution in [0.5, 0.6) is 0 Å². The fourth-order valence-electron chi connectivity index (χ4n) is 4.15. The highest BCUT2D eigenvalue weighted by Crippen LogP contribution is 2.37. The van der Waals surface area contributed by atoms with Crippen molar-refractivity contribution in [2.45, 2.75) is 38.5 Å². The van der Waals surface area contributed by atoms with Gasteiger partial charge in [0.1, 0.15) is 17.1 Å². The summed E-state index contributed by atoms with van der Waals surface area (Å²) in [6, 6.07) is 5.43. The van der Waals surface area contributed by atoms with E-state index in [2.05, 4.69) is 15.2 Å². The maximum absolute atomic E-state index is 12.7. The Kier molecular flexibility index (Phi) is 4.44. The zero-order valence-corrected chi connectivity index (χ0v) is 16.9. The number of pyridine rings is 1. The summed E-state index contributed by atoms with van der Waals surface area (Å²) in [5.74, 6) is 0.643. The Bertz CT molecular complexity index is 1130. The Balaban J connectivity index is 1.35. The van der Waals surface area contributed by atoms with Gasteiger partial charge in [0.05, 0.1) is 31.1 Å². The van der Waals surface area contributed by atoms with Gasteiger partial charge in [-0.1, -0.05) is 5.16 Å². The van der Waals surface area contributed by atoms with Crippen molar-refractivity contribution in [1.29, 1.82) is 0 Å². The van der Waals surface area contributed by atoms with Gasteiger partial charge < -0.3 is 19.3 Å². The van der Waals surface area contributed by atoms with E-state index in [4.69, 9.17) is 9.26 Å². The number of aromatic nitrogens is 4. The second kappa shape index (κ2) is 7.03. The molecule has 0 aliphatic carbocycles. The lowest BCUT2D eigenvalue weighted by molar-refractivity contribution is -0.0200. The summed E-state index contributed by atoms with van der Waals surface area (Å²) in [5.41, 5.74) is 3.50. The predicted octanol–water partition coefficient (Wildman–Crippen LogP) is 1.30. The van der Waals surface area contributed by atoms with Gasteiger partial charge in [-0.3, -0.25) is 9.78 Å². The lowest BCUT2D eigenvalue weighted by Crippen LogP contribution is -2.62. The minimum atomic E-state index is -0.400. The van der Waals surface area contributed by atoms with Gasteiger partial charge in [0.2, 0.25) is 0 Å². The third-order valence-electron chi connectivity index (χ3n) is 5.85. The summed E-state index contributed by atoms with van der Waals surface area (Å²) < 4.78 is 12.5. The van der Waals surface area contributed by atoms with Crippen LogP contribution in [0.3, 0.4) is 0 Å². The molecular formula is C21H23N5O4. The Morgan fingerprint density at radius 2 is 2.10 bits per heavy atom. The van der Waals surface area contributed by atoms with Crippen molar-refractivity contribution in [3.63, 3.8) is 0 Å². The van der Waals surface area contributed by atoms with Crippen LogP contribution in [0.1, 0.15) is 23.4 Å². The van der Waals surface area contributed by atoms with Gasteiger partial charge in [-0.25, -0.2) is 4.68 Å². The average Bonchev–Trinajstić information content (AvgIpc) is 3.26. The summed E-state index contributed by atoms with van der Waals surface area (Å²) in [6.07, 6.45) is 3.67. The summed E-state index contributed by atoms with van der Waals surface area (Å²) in [6.45, 7) is 5.70. The molecule has 2 fully saturated rings. The molecule has 1 spiro atoms. The normalized spacial score (nSPS) is 20.0. The third kappa shape index (κ3) is 3.29. The van der Waals surface area contributed by atoms with Crippen LogP contribution < -0.4 is 10.5 Å². The molecule has 9 heteroatoms. The Morgan fingerprint density at radius 1 is 1.27 bits per heavy atom. The van der Waals surface area contributed by atoms with E-state index in [0.29, 0.717) is 37.6 Å². The number of ether oxygens (including phenoxy) is 1. The van der Waals surface area contributed by atoms with E-state index in [1.807, 2.05) is 30.9 Å². The SMILES string of the molecule is Cc1ccc(-c2noc(C)c2Cn2ncc(N3CC4(CC(O)CO4)C3)cc2=O)cn1. The molecule has 0 saturated carbocycles. The highest BCUT2D eigenvalue weighted by Gasteiger charge is 2.49. The van der Waals surface area contributed by atoms with Gasteiger partial charge in [0, 0.05) is 48.6 Å². The van der Waals surface area contributed by atoms with Crippen molar-refractivity contribution in [3.8, 4) is 11.3 Å². The second-order valence-corrected chi connectivity index (χ2v) is 8.17. The zero-order chi connectivity index (χ0) is 20.9. The molecule has 156 valence electrons. The van der Waals surface area contributed by atoms with Crippen LogP contribution in [0.25, 0.3) is 11.3 Å². The summed E-state index contributed by atoms with van der Waals surface area (Å²) in [4.78, 5) is 19.1. The van der Waals surface area contributed by atoms with E-state index in [-0.39, 0.29) is 17.7 Å². The first-order valence-corrected chi connectivity index (χ1v) is 9.95. The topological polar surface area (TPSA) is 107 Å². The fraction of sp³-hybridized carbons (Fsp3) is 0.429. The maximum atomic E-state index is 12.7. The van der Waals surface area contributed by atoms with Gasteiger partial charge in [-0.2, -0.15) is 5.10 Å². The van der Waals surface area contributed by atoms with Crippen molar-refractivity contribution in [3.05, 3.63) is 58.0 Å². The van der Waals surface area contributed by atoms with Gasteiger partial charge in [-0.05, 0) is 26.0 Å². The molecule has 2 saturated heterocycles. The molecule has 0 bridgehead atoms. The lowest BCUT2D eigenvalue weighted by Gasteiger charge is -2.48. The number of aryl methyl sites for hydroxylation is 2. The lowest BCUT2D eigenvalue weighted by atomic mass is 9.90. The van der Waals surface area contributed by atoms with E-state index in [1.165, 1.54) is 4.68 Å². The van der Waals surface area contributed by atoms with Crippen molar-refractivity contribution in [2.75, 3.05) is 24.6 Å². The first-order chi connectivity index (χ1) is 14.4. The molecule has 0 radical (unpaired) electrons. The van der Waals surface area contributed by atoms with Crippen molar-refractivity contribution >= 4 is 5.69 Å². The number of rotatable bonds is 4. The summed E-state index contributed by atoms with van der Waals surface area (Å²) >= 11 is 0. The first kappa shape index (κ1) is 19.0. The standard InChI is InChI=1S/C21H23N5O4/c1-13-3-4-15(7-22-13)20-18(14(2)30-24-20)9-26-19(28)5-16(8-23-26)25-11-21(12-25)6-17(27)10-29-21/h3-5,7-8,17,27H,6,9-12H2,1-2H3. The quantitative estimate of drug-likeness (QED) is 0.687. The molecule has 3 aromatic heterocycles. The summed E-state index contributed by atoms with van der Waals surface area (Å²) in [7, 11) is 0. The predicted molar refractivity (Wildman–Crippen MR) is 108 cm³/mol. The van der Waals surface area contributed by atoms with Gasteiger partial charge >= 0.3 is 0 Å². The van der Waals surface area contributed by atoms with Crippen LogP contribution >= 0.6 is 0 Å². The monoisotopic (exact) mass is 409 g/mol. The maximum Gasteiger partial charge on any atom is 0.269 e. The minimum absolute atomic E-state index is 0.200. The molecule has 1 unspecified atom stereocenters. The number of hydrogen-bond acceptors (Lipinski definition) is 8. The largest absolute Gasteiger partial charge is 0.391 e. The molecule has 9 nitrogen and oxygen atoms in total. The van der Waals surface area contributed by atoms with E-state index in [1.54, 1.807) is 18.5 Å². The molecule has 1 atom stereocenters. The van der Waals surface area contributed by atoms with Crippen LogP contribution in [-0.4, -0.2) is 56.4 Å². The van der Waals surface area contributed by atoms with Crippen LogP contribution in [0.4, 0.5) is 5.69 Å². The van der Waals surface area contributed by atoms with Crippen LogP contribution in [0, 0.1) is 13.8 Å². The van der Waals surface area contributed by atoms with Gasteiger partial charge in [0.15, 0.2) is 0 Å². The van der Waals surface area contributed by atoms with Crippen molar-refractivity contribution in [2.24, 2.45) is 0 Å². The second-order valence-electron chi connectivity index (χ2n) is 8.17. The molecule has 30 heavy (non-hydrogen) atoms. The van der Waals surface area contributed by atoms with Crippen LogP contribution in [0.2, 0.25) is 0 Å². The van der Waals surface area contributed by atoms with E-state index in [0.717, 1.165) is 22.5 Å². The highest BCUT2D eigenvalue weighted by atomic mass is 16.5. The molecule has 2 aliphatic heterocycles. The first-order valence-electron chi connectivity index (χ1n) is 9.95. The van der Waals surface area contributed by atoms with Gasteiger partial charge in [-0.15, -0.1) is 0 Å².